The molecule has 0 saturated carbocycles. The Labute approximate surface area is 107 Å². The Morgan fingerprint density at radius 3 is 2.21 bits per heavy atom. The quantitative estimate of drug-likeness (QED) is 0.400. The van der Waals surface area contributed by atoms with E-state index in [0.29, 0.717) is 15.2 Å². The van der Waals surface area contributed by atoms with Crippen LogP contribution in [0.25, 0.3) is 22.1 Å². The predicted octanol–water partition coefficient (Wildman–Crippen LogP) is 0.974. The van der Waals surface area contributed by atoms with Crippen molar-refractivity contribution in [2.75, 3.05) is 7.11 Å². The number of phenols is 1. The van der Waals surface area contributed by atoms with Gasteiger partial charge in [0.05, 0.1) is 7.11 Å². The van der Waals surface area contributed by atoms with Gasteiger partial charge in [0.1, 0.15) is 0 Å². The van der Waals surface area contributed by atoms with Crippen molar-refractivity contribution in [3.8, 4) is 11.5 Å². The number of phenolic OH excluding ortho intramolecular Hbond substituents is 1. The van der Waals surface area contributed by atoms with Gasteiger partial charge < -0.3 is 20.3 Å². The van der Waals surface area contributed by atoms with E-state index in [1.54, 1.807) is 12.1 Å². The van der Waals surface area contributed by atoms with Gasteiger partial charge in [-0.05, 0) is 12.1 Å². The topological polar surface area (TPSA) is 83.3 Å². The van der Waals surface area contributed by atoms with E-state index < -0.39 is 0 Å². The van der Waals surface area contributed by atoms with Crippen molar-refractivity contribution in [2.24, 2.45) is 0 Å². The highest BCUT2D eigenvalue weighted by Gasteiger charge is 2.26. The molecule has 3 aromatic rings. The van der Waals surface area contributed by atoms with E-state index in [2.05, 4.69) is 0 Å². The number of hydrogen-bond acceptors (Lipinski definition) is 4. The van der Waals surface area contributed by atoms with Crippen LogP contribution in [0.3, 0.4) is 0 Å². The molecule has 96 valence electrons. The minimum absolute atomic E-state index is 0.0572. The first kappa shape index (κ1) is 11.3. The zero-order valence-electron chi connectivity index (χ0n) is 10.0. The Kier molecular flexibility index (Phi) is 2.31. The van der Waals surface area contributed by atoms with Gasteiger partial charge in [0.2, 0.25) is 0 Å². The van der Waals surface area contributed by atoms with Crippen LogP contribution in [0.1, 0.15) is 0 Å². The molecule has 3 rings (SSSR count). The maximum atomic E-state index is 12.3. The Bertz CT molecular complexity index is 802. The molecule has 6 heteroatoms. The van der Waals surface area contributed by atoms with Crippen LogP contribution < -0.4 is 14.2 Å². The Morgan fingerprint density at radius 2 is 1.53 bits per heavy atom. The fourth-order valence-corrected chi connectivity index (χ4v) is 2.18. The number of hydrogen-bond donors (Lipinski definition) is 1. The lowest BCUT2D eigenvalue weighted by Crippen LogP contribution is -2.39. The molecular weight excluding hydrogens is 248 g/mol. The van der Waals surface area contributed by atoms with Crippen LogP contribution in [0.4, 0.5) is 0 Å². The van der Waals surface area contributed by atoms with Gasteiger partial charge in [0.25, 0.3) is 11.0 Å². The lowest BCUT2D eigenvalue weighted by atomic mass is 10.2. The van der Waals surface area contributed by atoms with Crippen molar-refractivity contribution in [3.63, 3.8) is 0 Å². The van der Waals surface area contributed by atoms with Crippen LogP contribution in [-0.2, 0) is 0 Å². The van der Waals surface area contributed by atoms with Crippen LogP contribution in [0, 0.1) is 10.4 Å². The minimum Gasteiger partial charge on any atom is -0.617 e. The Hall–Kier alpha value is -2.76. The molecule has 1 aromatic heterocycles. The number of nitrogens with zero attached hydrogens (tertiary/aromatic N) is 2. The molecule has 2 aromatic carbocycles. The van der Waals surface area contributed by atoms with Crippen molar-refractivity contribution >= 4 is 22.1 Å². The fraction of sp³-hybridized carbons (Fsp3) is 0.0769. The fourth-order valence-electron chi connectivity index (χ4n) is 2.18. The number of benzene rings is 2. The second kappa shape index (κ2) is 3.88. The van der Waals surface area contributed by atoms with Gasteiger partial charge in [-0.25, -0.2) is 0 Å². The van der Waals surface area contributed by atoms with Crippen LogP contribution in [0.5, 0.6) is 11.5 Å². The molecule has 1 N–H and O–H groups in total. The molecule has 0 unspecified atom stereocenters. The van der Waals surface area contributed by atoms with Crippen molar-refractivity contribution in [2.45, 2.75) is 0 Å². The van der Waals surface area contributed by atoms with Crippen molar-refractivity contribution in [1.29, 1.82) is 0 Å². The maximum absolute atomic E-state index is 12.3. The molecule has 0 fully saturated rings. The van der Waals surface area contributed by atoms with Gasteiger partial charge in [-0.1, -0.05) is 12.1 Å². The Balaban J connectivity index is 2.65. The molecular formula is C13H10N2O4. The molecule has 6 nitrogen and oxygen atoms in total. The molecule has 0 aliphatic rings. The third-order valence-electron chi connectivity index (χ3n) is 3.03. The van der Waals surface area contributed by atoms with Gasteiger partial charge in [0.15, 0.2) is 11.5 Å². The van der Waals surface area contributed by atoms with Crippen LogP contribution >= 0.6 is 0 Å². The molecule has 0 amide bonds. The van der Waals surface area contributed by atoms with Gasteiger partial charge in [-0.2, -0.15) is 9.46 Å². The summed E-state index contributed by atoms with van der Waals surface area (Å²) in [6.07, 6.45) is 0. The SMILES string of the molecule is COc1cccc2c1[n+]([O-])c1cccc(O)c1[n+]2[O-]. The predicted molar refractivity (Wildman–Crippen MR) is 67.6 cm³/mol. The first-order chi connectivity index (χ1) is 9.15. The van der Waals surface area contributed by atoms with Gasteiger partial charge >= 0.3 is 11.0 Å². The number of fused-ring (bicyclic) bond motifs is 2. The molecule has 0 aliphatic heterocycles. The summed E-state index contributed by atoms with van der Waals surface area (Å²) in [6, 6.07) is 9.07. The van der Waals surface area contributed by atoms with E-state index in [4.69, 9.17) is 4.74 Å². The minimum atomic E-state index is -0.234. The normalized spacial score (nSPS) is 11.0. The van der Waals surface area contributed by atoms with Gasteiger partial charge in [0, 0.05) is 12.1 Å². The summed E-state index contributed by atoms with van der Waals surface area (Å²) in [7, 11) is 1.43. The van der Waals surface area contributed by atoms with E-state index in [-0.39, 0.29) is 27.8 Å². The van der Waals surface area contributed by atoms with E-state index in [1.165, 1.54) is 31.4 Å². The van der Waals surface area contributed by atoms with Crippen molar-refractivity contribution in [1.82, 2.24) is 0 Å². The molecule has 19 heavy (non-hydrogen) atoms. The number of aromatic nitrogens is 2. The summed E-state index contributed by atoms with van der Waals surface area (Å²) < 4.78 is 6.24. The average Bonchev–Trinajstić information content (AvgIpc) is 2.43. The first-order valence-corrected chi connectivity index (χ1v) is 5.58. The first-order valence-electron chi connectivity index (χ1n) is 5.58. The molecule has 0 spiro atoms. The smallest absolute Gasteiger partial charge is 0.332 e. The second-order valence-corrected chi connectivity index (χ2v) is 4.06. The highest BCUT2D eigenvalue weighted by Crippen LogP contribution is 2.25. The van der Waals surface area contributed by atoms with Crippen LogP contribution in [0.2, 0.25) is 0 Å². The Morgan fingerprint density at radius 1 is 0.947 bits per heavy atom. The lowest BCUT2D eigenvalue weighted by molar-refractivity contribution is -0.591. The standard InChI is InChI=1S/C13H10N2O4/c1-19-11-7-3-5-9-13(11)15(18)8-4-2-6-10(16)12(8)14(9)17/h2-7,16H,1H3. The van der Waals surface area contributed by atoms with E-state index in [1.807, 2.05) is 0 Å². The molecule has 0 bridgehead atoms. The number of aromatic hydroxyl groups is 1. The monoisotopic (exact) mass is 258 g/mol. The van der Waals surface area contributed by atoms with E-state index >= 15 is 0 Å². The van der Waals surface area contributed by atoms with E-state index in [9.17, 15) is 15.5 Å². The van der Waals surface area contributed by atoms with Crippen LogP contribution in [0.15, 0.2) is 36.4 Å². The molecule has 0 aliphatic carbocycles. The number of rotatable bonds is 1. The highest BCUT2D eigenvalue weighted by molar-refractivity contribution is 5.83. The second-order valence-electron chi connectivity index (χ2n) is 4.06. The highest BCUT2D eigenvalue weighted by atomic mass is 16.5. The van der Waals surface area contributed by atoms with Gasteiger partial charge in [-0.3, -0.25) is 0 Å². The zero-order chi connectivity index (χ0) is 13.6. The summed E-state index contributed by atoms with van der Waals surface area (Å²) in [5, 5.41) is 34.4. The molecule has 1 heterocycles. The van der Waals surface area contributed by atoms with Crippen molar-refractivity contribution < 1.29 is 19.3 Å². The van der Waals surface area contributed by atoms with Crippen molar-refractivity contribution in [3.05, 3.63) is 46.8 Å². The third kappa shape index (κ3) is 1.43. The summed E-state index contributed by atoms with van der Waals surface area (Å²) in [5.74, 6) is 0.0733. The lowest BCUT2D eigenvalue weighted by Gasteiger charge is -2.09. The summed E-state index contributed by atoms with van der Waals surface area (Å²) in [4.78, 5) is 0. The summed E-state index contributed by atoms with van der Waals surface area (Å²) >= 11 is 0. The third-order valence-corrected chi connectivity index (χ3v) is 3.03. The summed E-state index contributed by atoms with van der Waals surface area (Å²) in [6.45, 7) is 0. The molecule has 0 saturated heterocycles. The molecule has 0 radical (unpaired) electrons. The van der Waals surface area contributed by atoms with Crippen LogP contribution in [-0.4, -0.2) is 12.2 Å². The number of methoxy groups -OCH3 is 1. The van der Waals surface area contributed by atoms with Gasteiger partial charge in [-0.15, -0.1) is 0 Å². The zero-order valence-corrected chi connectivity index (χ0v) is 10.0. The summed E-state index contributed by atoms with van der Waals surface area (Å²) in [5.41, 5.74) is 0.312. The molecule has 0 atom stereocenters. The van der Waals surface area contributed by atoms with E-state index in [0.717, 1.165) is 0 Å². The number of para-hydroxylation sites is 2. The maximum Gasteiger partial charge on any atom is 0.332 e. The average molecular weight is 258 g/mol. The number of ether oxygens (including phenoxy) is 1. The largest absolute Gasteiger partial charge is 0.617 e.